The lowest BCUT2D eigenvalue weighted by molar-refractivity contribution is -0.147. The smallest absolute Gasteiger partial charge is 0.344 e. The second kappa shape index (κ2) is 5.90. The molecular formula is C13H15N3O3. The molecular weight excluding hydrogens is 246 g/mol. The summed E-state index contributed by atoms with van der Waals surface area (Å²) in [4.78, 5) is 11.5. The van der Waals surface area contributed by atoms with Gasteiger partial charge in [0.2, 0.25) is 0 Å². The van der Waals surface area contributed by atoms with Crippen molar-refractivity contribution < 1.29 is 14.3 Å². The Bertz CT molecular complexity index is 566. The van der Waals surface area contributed by atoms with Crippen molar-refractivity contribution in [2.45, 2.75) is 6.61 Å². The zero-order chi connectivity index (χ0) is 13.7. The molecule has 6 heteroatoms. The standard InChI is InChI=1S/C13H15N3O3/c1-16-7-10(6-15-16)8-19-13(17)9-18-12-4-2-3-11(14)5-12/h2-7H,8-9,14H2,1H3. The highest BCUT2D eigenvalue weighted by Crippen LogP contribution is 2.14. The van der Waals surface area contributed by atoms with E-state index in [1.165, 1.54) is 0 Å². The summed E-state index contributed by atoms with van der Waals surface area (Å²) >= 11 is 0. The van der Waals surface area contributed by atoms with Gasteiger partial charge in [0.1, 0.15) is 12.4 Å². The molecule has 2 aromatic rings. The van der Waals surface area contributed by atoms with E-state index < -0.39 is 5.97 Å². The minimum absolute atomic E-state index is 0.149. The molecule has 2 N–H and O–H groups in total. The van der Waals surface area contributed by atoms with Gasteiger partial charge in [0.15, 0.2) is 6.61 Å². The number of aromatic nitrogens is 2. The number of aryl methyl sites for hydroxylation is 1. The van der Waals surface area contributed by atoms with Crippen LogP contribution in [0, 0.1) is 0 Å². The van der Waals surface area contributed by atoms with E-state index in [0.717, 1.165) is 5.56 Å². The molecule has 0 bridgehead atoms. The molecule has 0 spiro atoms. The molecule has 2 rings (SSSR count). The fourth-order valence-electron chi connectivity index (χ4n) is 1.50. The molecule has 0 unspecified atom stereocenters. The summed E-state index contributed by atoms with van der Waals surface area (Å²) in [6, 6.07) is 6.87. The number of carbonyl (C=O) groups excluding carboxylic acids is 1. The number of hydrogen-bond donors (Lipinski definition) is 1. The number of esters is 1. The fraction of sp³-hybridized carbons (Fsp3) is 0.231. The van der Waals surface area contributed by atoms with Crippen molar-refractivity contribution in [2.75, 3.05) is 12.3 Å². The topological polar surface area (TPSA) is 79.4 Å². The van der Waals surface area contributed by atoms with Gasteiger partial charge in [-0.25, -0.2) is 4.79 Å². The van der Waals surface area contributed by atoms with Crippen molar-refractivity contribution in [2.24, 2.45) is 7.05 Å². The van der Waals surface area contributed by atoms with Crippen molar-refractivity contribution in [1.82, 2.24) is 9.78 Å². The van der Waals surface area contributed by atoms with Gasteiger partial charge in [-0.3, -0.25) is 4.68 Å². The van der Waals surface area contributed by atoms with E-state index in [1.807, 2.05) is 0 Å². The number of hydrogen-bond acceptors (Lipinski definition) is 5. The average molecular weight is 261 g/mol. The average Bonchev–Trinajstić information content (AvgIpc) is 2.80. The molecule has 0 aliphatic heterocycles. The summed E-state index contributed by atoms with van der Waals surface area (Å²) < 4.78 is 12.0. The number of nitrogen functional groups attached to an aromatic ring is 1. The molecule has 0 atom stereocenters. The third-order valence-electron chi connectivity index (χ3n) is 2.37. The minimum Gasteiger partial charge on any atom is -0.482 e. The summed E-state index contributed by atoms with van der Waals surface area (Å²) in [5, 5.41) is 3.98. The molecule has 0 amide bonds. The van der Waals surface area contributed by atoms with Crippen LogP contribution in [0.3, 0.4) is 0 Å². The monoisotopic (exact) mass is 261 g/mol. The van der Waals surface area contributed by atoms with Crippen LogP contribution in [-0.2, 0) is 23.2 Å². The van der Waals surface area contributed by atoms with Crippen molar-refractivity contribution in [3.63, 3.8) is 0 Å². The summed E-state index contributed by atoms with van der Waals surface area (Å²) in [6.45, 7) is 0.0384. The Morgan fingerprint density at radius 3 is 3.00 bits per heavy atom. The highest BCUT2D eigenvalue weighted by atomic mass is 16.6. The SMILES string of the molecule is Cn1cc(COC(=O)COc2cccc(N)c2)cn1. The van der Waals surface area contributed by atoms with Crippen LogP contribution in [0.1, 0.15) is 5.56 Å². The summed E-state index contributed by atoms with van der Waals surface area (Å²) in [7, 11) is 1.80. The van der Waals surface area contributed by atoms with Gasteiger partial charge in [-0.2, -0.15) is 5.10 Å². The number of nitrogens with zero attached hydrogens (tertiary/aromatic N) is 2. The number of anilines is 1. The molecule has 6 nitrogen and oxygen atoms in total. The molecule has 19 heavy (non-hydrogen) atoms. The van der Waals surface area contributed by atoms with Crippen molar-refractivity contribution in [1.29, 1.82) is 0 Å². The zero-order valence-corrected chi connectivity index (χ0v) is 10.6. The van der Waals surface area contributed by atoms with Gasteiger partial charge in [-0.1, -0.05) is 6.07 Å². The first-order chi connectivity index (χ1) is 9.13. The molecule has 0 aliphatic rings. The lowest BCUT2D eigenvalue weighted by atomic mass is 10.3. The van der Waals surface area contributed by atoms with Gasteiger partial charge in [0, 0.05) is 30.6 Å². The van der Waals surface area contributed by atoms with Gasteiger partial charge < -0.3 is 15.2 Å². The quantitative estimate of drug-likeness (QED) is 0.644. The number of benzene rings is 1. The summed E-state index contributed by atoms with van der Waals surface area (Å²) in [5.74, 6) is 0.101. The first-order valence-corrected chi connectivity index (χ1v) is 5.75. The zero-order valence-electron chi connectivity index (χ0n) is 10.6. The van der Waals surface area contributed by atoms with E-state index in [9.17, 15) is 4.79 Å². The van der Waals surface area contributed by atoms with Gasteiger partial charge in [-0.15, -0.1) is 0 Å². The van der Waals surface area contributed by atoms with E-state index in [1.54, 1.807) is 48.4 Å². The number of carbonyl (C=O) groups is 1. The van der Waals surface area contributed by atoms with Gasteiger partial charge >= 0.3 is 5.97 Å². The molecule has 0 radical (unpaired) electrons. The minimum atomic E-state index is -0.439. The molecule has 0 saturated carbocycles. The predicted molar refractivity (Wildman–Crippen MR) is 69.4 cm³/mol. The molecule has 100 valence electrons. The van der Waals surface area contributed by atoms with Crippen LogP contribution in [0.4, 0.5) is 5.69 Å². The van der Waals surface area contributed by atoms with Gasteiger partial charge in [0.25, 0.3) is 0 Å². The number of nitrogens with two attached hydrogens (primary N) is 1. The third-order valence-corrected chi connectivity index (χ3v) is 2.37. The highest BCUT2D eigenvalue weighted by molar-refractivity contribution is 5.71. The lowest BCUT2D eigenvalue weighted by Gasteiger charge is -2.06. The van der Waals surface area contributed by atoms with Crippen LogP contribution in [0.25, 0.3) is 0 Å². The van der Waals surface area contributed by atoms with E-state index in [0.29, 0.717) is 11.4 Å². The summed E-state index contributed by atoms with van der Waals surface area (Å²) in [6.07, 6.45) is 3.43. The number of rotatable bonds is 5. The normalized spacial score (nSPS) is 10.2. The predicted octanol–water partition coefficient (Wildman–Crippen LogP) is 1.12. The van der Waals surface area contributed by atoms with Crippen molar-refractivity contribution >= 4 is 11.7 Å². The molecule has 1 aromatic carbocycles. The molecule has 0 saturated heterocycles. The fourth-order valence-corrected chi connectivity index (χ4v) is 1.50. The van der Waals surface area contributed by atoms with E-state index in [4.69, 9.17) is 15.2 Å². The van der Waals surface area contributed by atoms with Crippen LogP contribution < -0.4 is 10.5 Å². The Balaban J connectivity index is 1.75. The Hall–Kier alpha value is -2.50. The molecule has 1 aromatic heterocycles. The van der Waals surface area contributed by atoms with Crippen LogP contribution in [-0.4, -0.2) is 22.4 Å². The van der Waals surface area contributed by atoms with Crippen LogP contribution in [0.2, 0.25) is 0 Å². The van der Waals surface area contributed by atoms with Crippen LogP contribution in [0.5, 0.6) is 5.75 Å². The first kappa shape index (κ1) is 12.9. The lowest BCUT2D eigenvalue weighted by Crippen LogP contribution is -2.14. The van der Waals surface area contributed by atoms with E-state index in [-0.39, 0.29) is 13.2 Å². The maximum atomic E-state index is 11.5. The highest BCUT2D eigenvalue weighted by Gasteiger charge is 2.06. The van der Waals surface area contributed by atoms with E-state index in [2.05, 4.69) is 5.10 Å². The second-order valence-corrected chi connectivity index (χ2v) is 4.04. The Morgan fingerprint density at radius 1 is 1.47 bits per heavy atom. The summed E-state index contributed by atoms with van der Waals surface area (Å²) in [5.41, 5.74) is 7.01. The number of ether oxygens (including phenoxy) is 2. The molecule has 0 aliphatic carbocycles. The largest absolute Gasteiger partial charge is 0.482 e. The first-order valence-electron chi connectivity index (χ1n) is 5.75. The molecule has 1 heterocycles. The van der Waals surface area contributed by atoms with E-state index >= 15 is 0 Å². The Morgan fingerprint density at radius 2 is 2.32 bits per heavy atom. The maximum absolute atomic E-state index is 11.5. The van der Waals surface area contributed by atoms with Crippen LogP contribution >= 0.6 is 0 Å². The maximum Gasteiger partial charge on any atom is 0.344 e. The van der Waals surface area contributed by atoms with Crippen molar-refractivity contribution in [3.8, 4) is 5.75 Å². The van der Waals surface area contributed by atoms with Gasteiger partial charge in [0.05, 0.1) is 6.20 Å². The Labute approximate surface area is 110 Å². The van der Waals surface area contributed by atoms with Gasteiger partial charge in [-0.05, 0) is 12.1 Å². The second-order valence-electron chi connectivity index (χ2n) is 4.04. The third kappa shape index (κ3) is 4.02. The van der Waals surface area contributed by atoms with Crippen molar-refractivity contribution in [3.05, 3.63) is 42.2 Å². The molecule has 0 fully saturated rings. The van der Waals surface area contributed by atoms with Crippen LogP contribution in [0.15, 0.2) is 36.7 Å². The Kier molecular flexibility index (Phi) is 4.02.